The summed E-state index contributed by atoms with van der Waals surface area (Å²) in [4.78, 5) is 19.7. The molecule has 0 radical (unpaired) electrons. The highest BCUT2D eigenvalue weighted by Crippen LogP contribution is 2.17. The summed E-state index contributed by atoms with van der Waals surface area (Å²) in [7, 11) is 1.56. The molecular weight excluding hydrogens is 347 g/mol. The molecule has 0 aliphatic rings. The van der Waals surface area contributed by atoms with Crippen molar-refractivity contribution in [3.63, 3.8) is 0 Å². The van der Waals surface area contributed by atoms with Crippen molar-refractivity contribution >= 4 is 10.9 Å². The Morgan fingerprint density at radius 1 is 1.19 bits per heavy atom. The number of rotatable bonds is 4. The molecule has 0 saturated carbocycles. The van der Waals surface area contributed by atoms with Crippen molar-refractivity contribution in [2.75, 3.05) is 7.11 Å². The van der Waals surface area contributed by atoms with Crippen LogP contribution in [-0.2, 0) is 6.42 Å². The number of ether oxygens (including phenoxy) is 1. The van der Waals surface area contributed by atoms with E-state index >= 15 is 0 Å². The molecule has 0 amide bonds. The molecule has 136 valence electrons. The smallest absolute Gasteiger partial charge is 0.258 e. The number of fused-ring (bicyclic) bond motifs is 1. The fourth-order valence-electron chi connectivity index (χ4n) is 2.91. The summed E-state index contributed by atoms with van der Waals surface area (Å²) in [5.41, 5.74) is 2.51. The van der Waals surface area contributed by atoms with Crippen LogP contribution in [0, 0.1) is 12.7 Å². The number of methoxy groups -OCH3 is 1. The molecule has 0 spiro atoms. The molecule has 2 aromatic heterocycles. The molecule has 0 fully saturated rings. The Kier molecular flexibility index (Phi) is 4.19. The number of nitrogens with one attached hydrogen (secondary N) is 1. The third-order valence-electron chi connectivity index (χ3n) is 4.37. The molecule has 0 aliphatic heterocycles. The Morgan fingerprint density at radius 2 is 1.96 bits per heavy atom. The third kappa shape index (κ3) is 3.31. The van der Waals surface area contributed by atoms with Gasteiger partial charge in [0.05, 0.1) is 35.6 Å². The first-order valence-corrected chi connectivity index (χ1v) is 8.41. The summed E-state index contributed by atoms with van der Waals surface area (Å²) in [5, 5.41) is 4.62. The molecule has 0 atom stereocenters. The van der Waals surface area contributed by atoms with Crippen LogP contribution in [0.2, 0.25) is 0 Å². The molecule has 4 rings (SSSR count). The summed E-state index contributed by atoms with van der Waals surface area (Å²) in [6, 6.07) is 12.7. The number of nitrogens with zero attached hydrogens (tertiary/aromatic N) is 3. The van der Waals surface area contributed by atoms with E-state index in [9.17, 15) is 9.18 Å². The Morgan fingerprint density at radius 3 is 2.63 bits per heavy atom. The van der Waals surface area contributed by atoms with Crippen LogP contribution in [0.25, 0.3) is 16.6 Å². The zero-order valence-electron chi connectivity index (χ0n) is 14.9. The second-order valence-electron chi connectivity index (χ2n) is 6.25. The average molecular weight is 364 g/mol. The van der Waals surface area contributed by atoms with Gasteiger partial charge in [-0.3, -0.25) is 4.79 Å². The van der Waals surface area contributed by atoms with Gasteiger partial charge in [0.2, 0.25) is 0 Å². The molecule has 0 saturated heterocycles. The Bertz CT molecular complexity index is 1160. The zero-order valence-corrected chi connectivity index (χ0v) is 14.9. The van der Waals surface area contributed by atoms with E-state index in [-0.39, 0.29) is 11.4 Å². The summed E-state index contributed by atoms with van der Waals surface area (Å²) in [6.45, 7) is 1.62. The summed E-state index contributed by atoms with van der Waals surface area (Å²) in [5.74, 6) is 0.850. The van der Waals surface area contributed by atoms with Crippen LogP contribution in [0.4, 0.5) is 4.39 Å². The maximum absolute atomic E-state index is 13.5. The number of hydrogen-bond acceptors (Lipinski definition) is 4. The van der Waals surface area contributed by atoms with Gasteiger partial charge in [-0.05, 0) is 42.8 Å². The second kappa shape index (κ2) is 6.68. The van der Waals surface area contributed by atoms with Crippen LogP contribution < -0.4 is 10.3 Å². The quantitative estimate of drug-likeness (QED) is 0.604. The van der Waals surface area contributed by atoms with Crippen molar-refractivity contribution in [1.29, 1.82) is 0 Å². The van der Waals surface area contributed by atoms with Gasteiger partial charge in [-0.1, -0.05) is 12.1 Å². The zero-order chi connectivity index (χ0) is 19.0. The van der Waals surface area contributed by atoms with Gasteiger partial charge in [0, 0.05) is 6.42 Å². The standard InChI is InChI=1S/C20H17FN4O2/c1-12-17(21)11-25(24-12)14-5-3-13(4-6-14)9-19-22-18-8-7-15(27-2)10-16(18)20(26)23-19/h3-8,10-11H,9H2,1-2H3,(H,22,23,26). The summed E-state index contributed by atoms with van der Waals surface area (Å²) >= 11 is 0. The van der Waals surface area contributed by atoms with Crippen molar-refractivity contribution in [2.24, 2.45) is 0 Å². The first-order valence-electron chi connectivity index (χ1n) is 8.41. The van der Waals surface area contributed by atoms with Crippen LogP contribution in [0.1, 0.15) is 17.1 Å². The highest BCUT2D eigenvalue weighted by molar-refractivity contribution is 5.79. The molecule has 0 unspecified atom stereocenters. The van der Waals surface area contributed by atoms with Crippen LogP contribution in [0.15, 0.2) is 53.5 Å². The van der Waals surface area contributed by atoms with Crippen LogP contribution in [0.5, 0.6) is 5.75 Å². The number of aromatic nitrogens is 4. The molecule has 1 N–H and O–H groups in total. The molecule has 7 heteroatoms. The lowest BCUT2D eigenvalue weighted by atomic mass is 10.1. The molecular formula is C20H17FN4O2. The van der Waals surface area contributed by atoms with E-state index in [0.717, 1.165) is 11.3 Å². The number of aromatic amines is 1. The van der Waals surface area contributed by atoms with Crippen molar-refractivity contribution in [3.05, 3.63) is 81.9 Å². The van der Waals surface area contributed by atoms with Gasteiger partial charge in [-0.2, -0.15) is 5.10 Å². The minimum Gasteiger partial charge on any atom is -0.497 e. The lowest BCUT2D eigenvalue weighted by Gasteiger charge is -2.06. The minimum atomic E-state index is -0.339. The SMILES string of the molecule is COc1ccc2nc(Cc3ccc(-n4cc(F)c(C)n4)cc3)[nH]c(=O)c2c1. The fourth-order valence-corrected chi connectivity index (χ4v) is 2.91. The number of H-pyrrole nitrogens is 1. The normalized spacial score (nSPS) is 11.1. The summed E-state index contributed by atoms with van der Waals surface area (Å²) in [6.07, 6.45) is 1.82. The van der Waals surface area contributed by atoms with E-state index in [0.29, 0.717) is 34.6 Å². The van der Waals surface area contributed by atoms with E-state index in [1.165, 1.54) is 10.9 Å². The summed E-state index contributed by atoms with van der Waals surface area (Å²) < 4.78 is 20.1. The fraction of sp³-hybridized carbons (Fsp3) is 0.150. The predicted molar refractivity (Wildman–Crippen MR) is 100.0 cm³/mol. The lowest BCUT2D eigenvalue weighted by Crippen LogP contribution is -2.12. The van der Waals surface area contributed by atoms with Gasteiger partial charge in [0.25, 0.3) is 5.56 Å². The van der Waals surface area contributed by atoms with Crippen LogP contribution in [0.3, 0.4) is 0 Å². The van der Waals surface area contributed by atoms with Gasteiger partial charge >= 0.3 is 0 Å². The van der Waals surface area contributed by atoms with Crippen molar-refractivity contribution < 1.29 is 9.13 Å². The van der Waals surface area contributed by atoms with E-state index in [1.807, 2.05) is 24.3 Å². The number of aryl methyl sites for hydroxylation is 1. The van der Waals surface area contributed by atoms with Crippen molar-refractivity contribution in [2.45, 2.75) is 13.3 Å². The Balaban J connectivity index is 1.61. The van der Waals surface area contributed by atoms with Gasteiger partial charge < -0.3 is 9.72 Å². The average Bonchev–Trinajstić information content (AvgIpc) is 3.01. The van der Waals surface area contributed by atoms with E-state index in [2.05, 4.69) is 15.1 Å². The maximum Gasteiger partial charge on any atom is 0.258 e. The Labute approximate surface area is 154 Å². The highest BCUT2D eigenvalue weighted by Gasteiger charge is 2.08. The molecule has 0 aliphatic carbocycles. The minimum absolute atomic E-state index is 0.201. The van der Waals surface area contributed by atoms with Gasteiger partial charge in [-0.15, -0.1) is 0 Å². The van der Waals surface area contributed by atoms with E-state index in [1.54, 1.807) is 32.2 Å². The monoisotopic (exact) mass is 364 g/mol. The lowest BCUT2D eigenvalue weighted by molar-refractivity contribution is 0.415. The maximum atomic E-state index is 13.5. The van der Waals surface area contributed by atoms with Crippen LogP contribution in [-0.4, -0.2) is 26.9 Å². The highest BCUT2D eigenvalue weighted by atomic mass is 19.1. The van der Waals surface area contributed by atoms with E-state index in [4.69, 9.17) is 4.74 Å². The van der Waals surface area contributed by atoms with Crippen molar-refractivity contribution in [3.8, 4) is 11.4 Å². The largest absolute Gasteiger partial charge is 0.497 e. The van der Waals surface area contributed by atoms with Gasteiger partial charge in [0.1, 0.15) is 11.6 Å². The number of halogens is 1. The number of benzene rings is 2. The van der Waals surface area contributed by atoms with Crippen molar-refractivity contribution in [1.82, 2.24) is 19.7 Å². The van der Waals surface area contributed by atoms with Gasteiger partial charge in [0.15, 0.2) is 5.82 Å². The predicted octanol–water partition coefficient (Wildman–Crippen LogP) is 3.16. The second-order valence-corrected chi connectivity index (χ2v) is 6.25. The first kappa shape index (κ1) is 17.0. The molecule has 2 aromatic carbocycles. The topological polar surface area (TPSA) is 72.8 Å². The van der Waals surface area contributed by atoms with E-state index < -0.39 is 0 Å². The molecule has 0 bridgehead atoms. The molecule has 4 aromatic rings. The third-order valence-corrected chi connectivity index (χ3v) is 4.37. The van der Waals surface area contributed by atoms with Gasteiger partial charge in [-0.25, -0.2) is 14.1 Å². The molecule has 27 heavy (non-hydrogen) atoms. The van der Waals surface area contributed by atoms with Crippen LogP contribution >= 0.6 is 0 Å². The molecule has 6 nitrogen and oxygen atoms in total. The first-order chi connectivity index (χ1) is 13.0. The Hall–Kier alpha value is -3.48. The number of hydrogen-bond donors (Lipinski definition) is 1. The molecule has 2 heterocycles.